The Bertz CT molecular complexity index is 1160. The Morgan fingerprint density at radius 2 is 1.90 bits per heavy atom. The molecule has 4 rings (SSSR count). The van der Waals surface area contributed by atoms with E-state index in [4.69, 9.17) is 9.15 Å². The van der Waals surface area contributed by atoms with Crippen LogP contribution in [0.4, 0.5) is 5.13 Å². The van der Waals surface area contributed by atoms with Crippen LogP contribution in [-0.2, 0) is 11.2 Å². The Kier molecular flexibility index (Phi) is 6.63. The Hall–Kier alpha value is -3.17. The number of hydrogen-bond donors (Lipinski definition) is 1. The number of methoxy groups -OCH3 is 1. The molecule has 2 heterocycles. The second-order valence-corrected chi connectivity index (χ2v) is 8.74. The molecule has 0 aliphatic rings. The van der Waals surface area contributed by atoms with Gasteiger partial charge < -0.3 is 14.5 Å². The molecule has 0 spiro atoms. The van der Waals surface area contributed by atoms with Crippen molar-refractivity contribution in [3.8, 4) is 17.0 Å². The van der Waals surface area contributed by atoms with Crippen molar-refractivity contribution in [1.29, 1.82) is 0 Å². The van der Waals surface area contributed by atoms with Gasteiger partial charge in [-0.2, -0.15) is 0 Å². The molecule has 0 saturated carbocycles. The van der Waals surface area contributed by atoms with Crippen molar-refractivity contribution < 1.29 is 13.9 Å². The molecule has 2 aromatic heterocycles. The lowest BCUT2D eigenvalue weighted by Crippen LogP contribution is -2.13. The van der Waals surface area contributed by atoms with Gasteiger partial charge in [-0.25, -0.2) is 4.98 Å². The quantitative estimate of drug-likeness (QED) is 0.383. The van der Waals surface area contributed by atoms with Crippen LogP contribution in [0.1, 0.15) is 16.3 Å². The second kappa shape index (κ2) is 9.76. The van der Waals surface area contributed by atoms with Crippen LogP contribution in [0.25, 0.3) is 11.3 Å². The van der Waals surface area contributed by atoms with Crippen LogP contribution in [0, 0.1) is 6.92 Å². The van der Waals surface area contributed by atoms with Crippen LogP contribution in [0.2, 0.25) is 0 Å². The van der Waals surface area contributed by atoms with Gasteiger partial charge in [0.1, 0.15) is 5.75 Å². The fourth-order valence-electron chi connectivity index (χ4n) is 2.88. The van der Waals surface area contributed by atoms with Gasteiger partial charge in [-0.15, -0.1) is 21.5 Å². The van der Waals surface area contributed by atoms with Crippen LogP contribution in [-0.4, -0.2) is 34.0 Å². The van der Waals surface area contributed by atoms with Gasteiger partial charge in [0.2, 0.25) is 11.8 Å². The van der Waals surface area contributed by atoms with Crippen LogP contribution in [0.15, 0.2) is 64.2 Å². The predicted octanol–water partition coefficient (Wildman–Crippen LogP) is 4.83. The van der Waals surface area contributed by atoms with Crippen LogP contribution in [0.3, 0.4) is 0 Å². The third-order valence-corrected chi connectivity index (χ3v) is 6.08. The van der Waals surface area contributed by atoms with E-state index in [1.165, 1.54) is 23.1 Å². The number of carbonyl (C=O) groups is 1. The molecule has 7 nitrogen and oxygen atoms in total. The van der Waals surface area contributed by atoms with Gasteiger partial charge in [-0.3, -0.25) is 4.79 Å². The lowest BCUT2D eigenvalue weighted by molar-refractivity contribution is -0.113. The van der Waals surface area contributed by atoms with Crippen molar-refractivity contribution in [2.24, 2.45) is 0 Å². The van der Waals surface area contributed by atoms with Crippen LogP contribution >= 0.6 is 23.1 Å². The first-order valence-corrected chi connectivity index (χ1v) is 11.3. The predicted molar refractivity (Wildman–Crippen MR) is 122 cm³/mol. The average molecular weight is 453 g/mol. The fraction of sp³-hybridized carbons (Fsp3) is 0.182. The summed E-state index contributed by atoms with van der Waals surface area (Å²) in [6.07, 6.45) is 0.518. The van der Waals surface area contributed by atoms with Gasteiger partial charge >= 0.3 is 0 Å². The molecule has 0 unspecified atom stereocenters. The molecule has 0 aliphatic heterocycles. The molecule has 158 valence electrons. The summed E-state index contributed by atoms with van der Waals surface area (Å²) in [5.41, 5.74) is 2.95. The number of aromatic nitrogens is 3. The monoisotopic (exact) mass is 452 g/mol. The first-order valence-electron chi connectivity index (χ1n) is 9.51. The molecular formula is C22H20N4O3S2. The lowest BCUT2D eigenvalue weighted by Gasteiger charge is -2.01. The number of nitrogens with one attached hydrogen (secondary N) is 1. The summed E-state index contributed by atoms with van der Waals surface area (Å²) in [6, 6.07) is 17.6. The Morgan fingerprint density at radius 3 is 2.65 bits per heavy atom. The smallest absolute Gasteiger partial charge is 0.277 e. The number of aryl methyl sites for hydroxylation is 1. The minimum absolute atomic E-state index is 0.156. The summed E-state index contributed by atoms with van der Waals surface area (Å²) < 4.78 is 10.8. The Labute approximate surface area is 187 Å². The van der Waals surface area contributed by atoms with Gasteiger partial charge in [0.05, 0.1) is 25.0 Å². The highest BCUT2D eigenvalue weighted by molar-refractivity contribution is 7.99. The number of carbonyl (C=O) groups excluding carboxylic acids is 1. The summed E-state index contributed by atoms with van der Waals surface area (Å²) >= 11 is 2.65. The summed E-state index contributed by atoms with van der Waals surface area (Å²) in [5.74, 6) is 1.27. The number of rotatable bonds is 8. The standard InChI is InChI=1S/C22H20N4O3S2/c1-14-20(16-6-4-3-5-7-16)24-21(31-14)23-18(27)13-30-22-26-25-19(29-22)12-15-8-10-17(28-2)11-9-15/h3-11H,12-13H2,1-2H3,(H,23,24,27). The highest BCUT2D eigenvalue weighted by Gasteiger charge is 2.14. The van der Waals surface area contributed by atoms with E-state index < -0.39 is 0 Å². The molecule has 0 atom stereocenters. The fourth-order valence-corrected chi connectivity index (χ4v) is 4.31. The summed E-state index contributed by atoms with van der Waals surface area (Å²) in [6.45, 7) is 1.99. The minimum Gasteiger partial charge on any atom is -0.497 e. The normalized spacial score (nSPS) is 10.8. The van der Waals surface area contributed by atoms with Crippen molar-refractivity contribution in [2.75, 3.05) is 18.2 Å². The number of anilines is 1. The number of ether oxygens (including phenoxy) is 1. The highest BCUT2D eigenvalue weighted by atomic mass is 32.2. The lowest BCUT2D eigenvalue weighted by atomic mass is 10.1. The van der Waals surface area contributed by atoms with E-state index >= 15 is 0 Å². The van der Waals surface area contributed by atoms with Gasteiger partial charge in [0, 0.05) is 10.4 Å². The molecule has 0 fully saturated rings. The highest BCUT2D eigenvalue weighted by Crippen LogP contribution is 2.30. The van der Waals surface area contributed by atoms with E-state index in [0.717, 1.165) is 27.4 Å². The van der Waals surface area contributed by atoms with Gasteiger partial charge in [-0.05, 0) is 24.6 Å². The van der Waals surface area contributed by atoms with Crippen LogP contribution < -0.4 is 10.1 Å². The molecule has 1 amide bonds. The summed E-state index contributed by atoms with van der Waals surface area (Å²) in [7, 11) is 1.63. The zero-order valence-electron chi connectivity index (χ0n) is 17.0. The number of benzene rings is 2. The molecular weight excluding hydrogens is 432 g/mol. The van der Waals surface area contributed by atoms with Crippen molar-refractivity contribution in [3.63, 3.8) is 0 Å². The van der Waals surface area contributed by atoms with E-state index in [2.05, 4.69) is 20.5 Å². The van der Waals surface area contributed by atoms with Gasteiger partial charge in [-0.1, -0.05) is 54.2 Å². The van der Waals surface area contributed by atoms with E-state index in [1.807, 2.05) is 61.5 Å². The van der Waals surface area contributed by atoms with Crippen molar-refractivity contribution in [3.05, 3.63) is 70.9 Å². The molecule has 31 heavy (non-hydrogen) atoms. The van der Waals surface area contributed by atoms with E-state index in [1.54, 1.807) is 7.11 Å². The van der Waals surface area contributed by atoms with Crippen molar-refractivity contribution >= 4 is 34.1 Å². The minimum atomic E-state index is -0.173. The molecule has 0 bridgehead atoms. The summed E-state index contributed by atoms with van der Waals surface area (Å²) in [4.78, 5) is 17.9. The topological polar surface area (TPSA) is 90.1 Å². The Morgan fingerprint density at radius 1 is 1.13 bits per heavy atom. The molecule has 0 saturated heterocycles. The average Bonchev–Trinajstić information content (AvgIpc) is 3.39. The van der Waals surface area contributed by atoms with Crippen molar-refractivity contribution in [1.82, 2.24) is 15.2 Å². The first-order chi connectivity index (χ1) is 15.1. The molecule has 4 aromatic rings. The van der Waals surface area contributed by atoms with Crippen LogP contribution in [0.5, 0.6) is 5.75 Å². The first kappa shape index (κ1) is 21.1. The third kappa shape index (κ3) is 5.50. The molecule has 1 N–H and O–H groups in total. The number of hydrogen-bond acceptors (Lipinski definition) is 8. The maximum absolute atomic E-state index is 12.3. The molecule has 0 radical (unpaired) electrons. The van der Waals surface area contributed by atoms with Crippen molar-refractivity contribution in [2.45, 2.75) is 18.6 Å². The molecule has 2 aromatic carbocycles. The maximum Gasteiger partial charge on any atom is 0.277 e. The van der Waals surface area contributed by atoms with E-state index in [0.29, 0.717) is 22.7 Å². The second-order valence-electron chi connectivity index (χ2n) is 6.61. The van der Waals surface area contributed by atoms with Gasteiger partial charge in [0.15, 0.2) is 5.13 Å². The van der Waals surface area contributed by atoms with Gasteiger partial charge in [0.25, 0.3) is 5.22 Å². The zero-order valence-corrected chi connectivity index (χ0v) is 18.6. The number of amides is 1. The summed E-state index contributed by atoms with van der Waals surface area (Å²) in [5, 5.41) is 11.8. The zero-order chi connectivity index (χ0) is 21.6. The van der Waals surface area contributed by atoms with E-state index in [9.17, 15) is 4.79 Å². The maximum atomic E-state index is 12.3. The SMILES string of the molecule is COc1ccc(Cc2nnc(SCC(=O)Nc3nc(-c4ccccc4)c(C)s3)o2)cc1. The number of thioether (sulfide) groups is 1. The Balaban J connectivity index is 1.30. The third-order valence-electron chi connectivity index (χ3n) is 4.38. The number of nitrogens with zero attached hydrogens (tertiary/aromatic N) is 3. The largest absolute Gasteiger partial charge is 0.497 e. The number of thiazole rings is 1. The molecule has 9 heteroatoms. The molecule has 0 aliphatic carbocycles. The van der Waals surface area contributed by atoms with E-state index in [-0.39, 0.29) is 11.7 Å².